The summed E-state index contributed by atoms with van der Waals surface area (Å²) in [6.45, 7) is 2.09. The van der Waals surface area contributed by atoms with E-state index in [4.69, 9.17) is 4.98 Å². The van der Waals surface area contributed by atoms with E-state index in [-0.39, 0.29) is 18.2 Å². The van der Waals surface area contributed by atoms with Gasteiger partial charge in [0.2, 0.25) is 5.95 Å². The third kappa shape index (κ3) is 4.04. The van der Waals surface area contributed by atoms with Crippen LogP contribution >= 0.6 is 11.9 Å². The first-order valence-corrected chi connectivity index (χ1v) is 11.5. The average Bonchev–Trinajstić information content (AvgIpc) is 3.24. The summed E-state index contributed by atoms with van der Waals surface area (Å²) in [5, 5.41) is 13.7. The molecule has 2 aliphatic rings. The SMILES string of the molecule is CSN1CCC(Nc2ncc3cc(CCO)c(=O)n(C4CCCC4)c3n2)CC1. The lowest BCUT2D eigenvalue weighted by molar-refractivity contribution is 0.298. The van der Waals surface area contributed by atoms with E-state index in [1.165, 1.54) is 0 Å². The average molecular weight is 404 g/mol. The van der Waals surface area contributed by atoms with Crippen LogP contribution in [0.3, 0.4) is 0 Å². The Labute approximate surface area is 169 Å². The Bertz CT molecular complexity index is 873. The van der Waals surface area contributed by atoms with Gasteiger partial charge in [0.15, 0.2) is 0 Å². The molecule has 1 aliphatic heterocycles. The molecule has 1 aliphatic carbocycles. The van der Waals surface area contributed by atoms with Crippen LogP contribution in [-0.2, 0) is 6.42 Å². The van der Waals surface area contributed by atoms with Crippen LogP contribution in [0.25, 0.3) is 11.0 Å². The van der Waals surface area contributed by atoms with Crippen LogP contribution in [0.4, 0.5) is 5.95 Å². The zero-order chi connectivity index (χ0) is 19.5. The minimum atomic E-state index is -0.0271. The highest BCUT2D eigenvalue weighted by atomic mass is 32.2. The third-order valence-corrected chi connectivity index (χ3v) is 6.85. The van der Waals surface area contributed by atoms with Gasteiger partial charge in [-0.3, -0.25) is 13.7 Å². The van der Waals surface area contributed by atoms with Crippen molar-refractivity contribution in [3.05, 3.63) is 28.2 Å². The van der Waals surface area contributed by atoms with Gasteiger partial charge in [-0.25, -0.2) is 4.98 Å². The molecule has 4 rings (SSSR count). The number of fused-ring (bicyclic) bond motifs is 1. The maximum atomic E-state index is 13.1. The van der Waals surface area contributed by atoms with E-state index in [2.05, 4.69) is 20.9 Å². The molecule has 7 nitrogen and oxygen atoms in total. The maximum Gasteiger partial charge on any atom is 0.255 e. The van der Waals surface area contributed by atoms with E-state index in [1.54, 1.807) is 11.9 Å². The molecule has 2 fully saturated rings. The van der Waals surface area contributed by atoms with Crippen LogP contribution in [0.15, 0.2) is 17.1 Å². The Kier molecular flexibility index (Phi) is 6.18. The van der Waals surface area contributed by atoms with E-state index in [9.17, 15) is 9.90 Å². The monoisotopic (exact) mass is 403 g/mol. The van der Waals surface area contributed by atoms with Crippen molar-refractivity contribution in [1.82, 2.24) is 18.8 Å². The zero-order valence-corrected chi connectivity index (χ0v) is 17.2. The smallest absolute Gasteiger partial charge is 0.255 e. The summed E-state index contributed by atoms with van der Waals surface area (Å²) in [6, 6.07) is 2.41. The molecule has 152 valence electrons. The number of pyridine rings is 1. The first kappa shape index (κ1) is 19.7. The standard InChI is InChI=1S/C20H29N5O2S/c1-28-24-9-6-16(7-10-24)22-20-21-13-15-12-14(8-11-26)19(27)25(18(15)23-20)17-4-2-3-5-17/h12-13,16-17,26H,2-11H2,1H3,(H,21,22,23). The maximum absolute atomic E-state index is 13.1. The second kappa shape index (κ2) is 8.80. The highest BCUT2D eigenvalue weighted by Crippen LogP contribution is 2.31. The topological polar surface area (TPSA) is 83.3 Å². The molecule has 0 aromatic carbocycles. The Hall–Kier alpha value is -1.64. The first-order chi connectivity index (χ1) is 13.7. The molecule has 3 heterocycles. The lowest BCUT2D eigenvalue weighted by Crippen LogP contribution is -2.36. The Morgan fingerprint density at radius 3 is 2.68 bits per heavy atom. The molecule has 0 unspecified atom stereocenters. The normalized spacial score (nSPS) is 19.5. The van der Waals surface area contributed by atoms with E-state index in [0.29, 0.717) is 24.0 Å². The van der Waals surface area contributed by atoms with Crippen molar-refractivity contribution >= 4 is 28.9 Å². The Morgan fingerprint density at radius 1 is 1.25 bits per heavy atom. The minimum Gasteiger partial charge on any atom is -0.396 e. The summed E-state index contributed by atoms with van der Waals surface area (Å²) < 4.78 is 4.25. The fraction of sp³-hybridized carbons (Fsp3) is 0.650. The van der Waals surface area contributed by atoms with Crippen molar-refractivity contribution in [3.8, 4) is 0 Å². The van der Waals surface area contributed by atoms with Crippen molar-refractivity contribution < 1.29 is 5.11 Å². The molecule has 2 aromatic rings. The molecule has 1 saturated heterocycles. The van der Waals surface area contributed by atoms with Gasteiger partial charge in [-0.2, -0.15) is 4.98 Å². The fourth-order valence-corrected chi connectivity index (χ4v) is 4.99. The molecule has 8 heteroatoms. The van der Waals surface area contributed by atoms with Crippen LogP contribution in [0.2, 0.25) is 0 Å². The highest BCUT2D eigenvalue weighted by Gasteiger charge is 2.23. The number of nitrogens with one attached hydrogen (secondary N) is 1. The molecule has 2 N–H and O–H groups in total. The summed E-state index contributed by atoms with van der Waals surface area (Å²) >= 11 is 1.80. The largest absolute Gasteiger partial charge is 0.396 e. The molecule has 0 atom stereocenters. The van der Waals surface area contributed by atoms with Crippen molar-refractivity contribution in [3.63, 3.8) is 0 Å². The summed E-state index contributed by atoms with van der Waals surface area (Å²) in [7, 11) is 0. The van der Waals surface area contributed by atoms with Crippen molar-refractivity contribution in [2.45, 2.75) is 57.0 Å². The second-order valence-electron chi connectivity index (χ2n) is 7.76. The highest BCUT2D eigenvalue weighted by molar-refractivity contribution is 7.96. The molecule has 0 spiro atoms. The molecule has 1 saturated carbocycles. The number of aromatic nitrogens is 3. The molecular weight excluding hydrogens is 374 g/mol. The van der Waals surface area contributed by atoms with Crippen molar-refractivity contribution in [1.29, 1.82) is 0 Å². The van der Waals surface area contributed by atoms with E-state index < -0.39 is 0 Å². The molecule has 0 radical (unpaired) electrons. The predicted octanol–water partition coefficient (Wildman–Crippen LogP) is 2.60. The Morgan fingerprint density at radius 2 is 2.00 bits per heavy atom. The summed E-state index contributed by atoms with van der Waals surface area (Å²) in [5.41, 5.74) is 1.36. The number of nitrogens with zero attached hydrogens (tertiary/aromatic N) is 4. The number of aliphatic hydroxyl groups excluding tert-OH is 1. The van der Waals surface area contributed by atoms with Gasteiger partial charge in [0.25, 0.3) is 5.56 Å². The number of aliphatic hydroxyl groups is 1. The summed E-state index contributed by atoms with van der Waals surface area (Å²) in [4.78, 5) is 22.4. The lowest BCUT2D eigenvalue weighted by Gasteiger charge is -2.30. The molecule has 0 amide bonds. The van der Waals surface area contributed by atoms with Crippen LogP contribution in [0, 0.1) is 0 Å². The molecule has 2 aromatic heterocycles. The number of hydrogen-bond donors (Lipinski definition) is 2. The first-order valence-electron chi connectivity index (χ1n) is 10.3. The van der Waals surface area contributed by atoms with Gasteiger partial charge in [0.05, 0.1) is 0 Å². The van der Waals surface area contributed by atoms with Crippen LogP contribution < -0.4 is 10.9 Å². The number of piperidine rings is 1. The van der Waals surface area contributed by atoms with Crippen molar-refractivity contribution in [2.24, 2.45) is 0 Å². The van der Waals surface area contributed by atoms with Gasteiger partial charge in [-0.1, -0.05) is 24.8 Å². The van der Waals surface area contributed by atoms with Gasteiger partial charge in [-0.15, -0.1) is 0 Å². The van der Waals surface area contributed by atoms with Gasteiger partial charge in [0.1, 0.15) is 5.65 Å². The van der Waals surface area contributed by atoms with Gasteiger partial charge < -0.3 is 10.4 Å². The van der Waals surface area contributed by atoms with Crippen LogP contribution in [0.1, 0.15) is 50.1 Å². The second-order valence-corrected chi connectivity index (χ2v) is 8.64. The fourth-order valence-electron chi connectivity index (χ4n) is 4.41. The molecule has 0 bridgehead atoms. The summed E-state index contributed by atoms with van der Waals surface area (Å²) in [5.74, 6) is 0.608. The number of hydrogen-bond acceptors (Lipinski definition) is 7. The number of rotatable bonds is 6. The lowest BCUT2D eigenvalue weighted by atomic mass is 10.1. The summed E-state index contributed by atoms with van der Waals surface area (Å²) in [6.07, 6.45) is 10.7. The van der Waals surface area contributed by atoms with Crippen molar-refractivity contribution in [2.75, 3.05) is 31.3 Å². The Balaban J connectivity index is 1.66. The molecular formula is C20H29N5O2S. The van der Waals surface area contributed by atoms with E-state index in [1.807, 2.05) is 16.8 Å². The predicted molar refractivity (Wildman–Crippen MR) is 114 cm³/mol. The van der Waals surface area contributed by atoms with E-state index >= 15 is 0 Å². The van der Waals surface area contributed by atoms with Crippen LogP contribution in [0.5, 0.6) is 0 Å². The third-order valence-electron chi connectivity index (χ3n) is 5.96. The van der Waals surface area contributed by atoms with Gasteiger partial charge in [-0.05, 0) is 38.0 Å². The number of anilines is 1. The zero-order valence-electron chi connectivity index (χ0n) is 16.4. The molecule has 28 heavy (non-hydrogen) atoms. The van der Waals surface area contributed by atoms with Gasteiger partial charge >= 0.3 is 0 Å². The minimum absolute atomic E-state index is 0.00798. The van der Waals surface area contributed by atoms with E-state index in [0.717, 1.165) is 62.6 Å². The van der Waals surface area contributed by atoms with Gasteiger partial charge in [0, 0.05) is 55.3 Å². The van der Waals surface area contributed by atoms with Crippen LogP contribution in [-0.4, -0.2) is 55.9 Å². The quantitative estimate of drug-likeness (QED) is 0.717.